The van der Waals surface area contributed by atoms with E-state index < -0.39 is 10.0 Å². The maximum atomic E-state index is 12.3. The number of sulfonamides is 1. The van der Waals surface area contributed by atoms with Crippen LogP contribution in [0.25, 0.3) is 0 Å². The molecule has 0 saturated carbocycles. The summed E-state index contributed by atoms with van der Waals surface area (Å²) in [6, 6.07) is 6.16. The van der Waals surface area contributed by atoms with Gasteiger partial charge in [-0.3, -0.25) is 4.72 Å². The fourth-order valence-corrected chi connectivity index (χ4v) is 5.35. The van der Waals surface area contributed by atoms with Crippen molar-refractivity contribution in [3.05, 3.63) is 43.0 Å². The number of aryl methyl sites for hydroxylation is 1. The molecule has 0 aliphatic heterocycles. The minimum atomic E-state index is -3.68. The smallest absolute Gasteiger partial charge is 0.263 e. The Morgan fingerprint density at radius 1 is 1.26 bits per heavy atom. The second kappa shape index (κ2) is 5.61. The lowest BCUT2D eigenvalue weighted by molar-refractivity contribution is 0.601. The maximum Gasteiger partial charge on any atom is 0.263 e. The summed E-state index contributed by atoms with van der Waals surface area (Å²) in [5.41, 5.74) is 0.260. The number of halogens is 3. The highest BCUT2D eigenvalue weighted by Crippen LogP contribution is 2.32. The average molecular weight is 401 g/mol. The van der Waals surface area contributed by atoms with E-state index >= 15 is 0 Å². The van der Waals surface area contributed by atoms with Gasteiger partial charge in [0.2, 0.25) is 0 Å². The molecule has 0 fully saturated rings. The van der Waals surface area contributed by atoms with Crippen LogP contribution >= 0.6 is 50.5 Å². The largest absolute Gasteiger partial charge is 0.278 e. The van der Waals surface area contributed by atoms with Gasteiger partial charge in [0.25, 0.3) is 10.0 Å². The Balaban J connectivity index is 2.42. The first-order valence-corrected chi connectivity index (χ1v) is 8.88. The Kier molecular flexibility index (Phi) is 4.47. The first-order chi connectivity index (χ1) is 8.79. The summed E-state index contributed by atoms with van der Waals surface area (Å²) >= 11 is 16.4. The van der Waals surface area contributed by atoms with Gasteiger partial charge in [-0.2, -0.15) is 0 Å². The van der Waals surface area contributed by atoms with Crippen molar-refractivity contribution in [2.75, 3.05) is 4.72 Å². The topological polar surface area (TPSA) is 46.2 Å². The molecular weight excluding hydrogens is 393 g/mol. The molecule has 1 N–H and O–H groups in total. The van der Waals surface area contributed by atoms with Crippen LogP contribution in [0, 0.1) is 6.92 Å². The molecule has 8 heteroatoms. The Morgan fingerprint density at radius 2 is 1.95 bits per heavy atom. The third kappa shape index (κ3) is 3.44. The molecule has 0 unspecified atom stereocenters. The SMILES string of the molecule is Cc1sc(Br)cc1S(=O)(=O)Nc1cc(Cl)ccc1Cl. The lowest BCUT2D eigenvalue weighted by Crippen LogP contribution is -2.13. The van der Waals surface area contributed by atoms with E-state index in [1.807, 2.05) is 0 Å². The van der Waals surface area contributed by atoms with Crippen molar-refractivity contribution in [2.24, 2.45) is 0 Å². The molecule has 2 rings (SSSR count). The number of nitrogens with one attached hydrogen (secondary N) is 1. The van der Waals surface area contributed by atoms with Gasteiger partial charge in [0.15, 0.2) is 0 Å². The monoisotopic (exact) mass is 399 g/mol. The predicted octanol–water partition coefficient (Wildman–Crippen LogP) is 4.93. The van der Waals surface area contributed by atoms with Crippen molar-refractivity contribution < 1.29 is 8.42 Å². The van der Waals surface area contributed by atoms with E-state index in [4.69, 9.17) is 23.2 Å². The molecule has 102 valence electrons. The van der Waals surface area contributed by atoms with E-state index in [0.717, 1.165) is 3.79 Å². The van der Waals surface area contributed by atoms with E-state index in [1.165, 1.54) is 23.5 Å². The molecule has 0 atom stereocenters. The number of rotatable bonds is 3. The first kappa shape index (κ1) is 15.1. The molecule has 0 amide bonds. The molecule has 0 aliphatic carbocycles. The summed E-state index contributed by atoms with van der Waals surface area (Å²) in [5, 5.41) is 0.699. The maximum absolute atomic E-state index is 12.3. The van der Waals surface area contributed by atoms with Crippen LogP contribution in [0.15, 0.2) is 32.9 Å². The summed E-state index contributed by atoms with van der Waals surface area (Å²) in [4.78, 5) is 0.915. The molecule has 1 aromatic carbocycles. The first-order valence-electron chi connectivity index (χ1n) is 5.03. The van der Waals surface area contributed by atoms with Gasteiger partial charge in [0, 0.05) is 9.90 Å². The highest BCUT2D eigenvalue weighted by molar-refractivity contribution is 9.11. The summed E-state index contributed by atoms with van der Waals surface area (Å²) in [5.74, 6) is 0. The highest BCUT2D eigenvalue weighted by Gasteiger charge is 2.20. The second-order valence-electron chi connectivity index (χ2n) is 3.70. The number of anilines is 1. The van der Waals surface area contributed by atoms with Gasteiger partial charge in [-0.1, -0.05) is 23.2 Å². The van der Waals surface area contributed by atoms with Crippen LogP contribution in [-0.4, -0.2) is 8.42 Å². The molecule has 3 nitrogen and oxygen atoms in total. The zero-order valence-corrected chi connectivity index (χ0v) is 14.3. The van der Waals surface area contributed by atoms with Crippen molar-refractivity contribution in [3.63, 3.8) is 0 Å². The molecule has 0 aliphatic rings. The number of benzene rings is 1. The highest BCUT2D eigenvalue weighted by atomic mass is 79.9. The molecule has 1 aromatic heterocycles. The van der Waals surface area contributed by atoms with Crippen molar-refractivity contribution in [3.8, 4) is 0 Å². The summed E-state index contributed by atoms with van der Waals surface area (Å²) in [7, 11) is -3.68. The van der Waals surface area contributed by atoms with Crippen LogP contribution in [0.3, 0.4) is 0 Å². The molecule has 0 radical (unpaired) electrons. The Morgan fingerprint density at radius 3 is 2.53 bits per heavy atom. The molecule has 2 aromatic rings. The number of hydrogen-bond acceptors (Lipinski definition) is 3. The van der Waals surface area contributed by atoms with Gasteiger partial charge in [0.05, 0.1) is 14.5 Å². The van der Waals surface area contributed by atoms with Crippen LogP contribution in [-0.2, 0) is 10.0 Å². The number of thiophene rings is 1. The zero-order valence-electron chi connectivity index (χ0n) is 9.58. The van der Waals surface area contributed by atoms with E-state index in [9.17, 15) is 8.42 Å². The fraction of sp³-hybridized carbons (Fsp3) is 0.0909. The van der Waals surface area contributed by atoms with Crippen molar-refractivity contribution in [2.45, 2.75) is 11.8 Å². The van der Waals surface area contributed by atoms with Crippen molar-refractivity contribution >= 4 is 66.2 Å². The normalized spacial score (nSPS) is 11.6. The van der Waals surface area contributed by atoms with Crippen LogP contribution in [0.5, 0.6) is 0 Å². The zero-order chi connectivity index (χ0) is 14.2. The summed E-state index contributed by atoms with van der Waals surface area (Å²) in [6.07, 6.45) is 0. The van der Waals surface area contributed by atoms with Crippen LogP contribution < -0.4 is 4.72 Å². The second-order valence-corrected chi connectivity index (χ2v) is 8.83. The van der Waals surface area contributed by atoms with Crippen molar-refractivity contribution in [1.29, 1.82) is 0 Å². The fourth-order valence-electron chi connectivity index (χ4n) is 1.47. The minimum absolute atomic E-state index is 0.223. The van der Waals surface area contributed by atoms with Crippen LogP contribution in [0.2, 0.25) is 10.0 Å². The lowest BCUT2D eigenvalue weighted by atomic mass is 10.3. The predicted molar refractivity (Wildman–Crippen MR) is 84.0 cm³/mol. The Hall–Kier alpha value is -0.270. The summed E-state index contributed by atoms with van der Waals surface area (Å²) < 4.78 is 27.7. The van der Waals surface area contributed by atoms with Gasteiger partial charge in [-0.05, 0) is 47.1 Å². The molecule has 19 heavy (non-hydrogen) atoms. The van der Waals surface area contributed by atoms with E-state index in [0.29, 0.717) is 14.9 Å². The standard InChI is InChI=1S/C11H8BrCl2NO2S2/c1-6-10(5-11(12)18-6)19(16,17)15-9-4-7(13)2-3-8(9)14/h2-5,15H,1H3. The van der Waals surface area contributed by atoms with Crippen molar-refractivity contribution in [1.82, 2.24) is 0 Å². The molecular formula is C11H8BrCl2NO2S2. The van der Waals surface area contributed by atoms with Gasteiger partial charge < -0.3 is 0 Å². The lowest BCUT2D eigenvalue weighted by Gasteiger charge is -2.09. The summed E-state index contributed by atoms with van der Waals surface area (Å²) in [6.45, 7) is 1.74. The van der Waals surface area contributed by atoms with Crippen LogP contribution in [0.4, 0.5) is 5.69 Å². The molecule has 0 saturated heterocycles. The molecule has 0 spiro atoms. The molecule has 1 heterocycles. The van der Waals surface area contributed by atoms with Gasteiger partial charge in [-0.15, -0.1) is 11.3 Å². The number of hydrogen-bond donors (Lipinski definition) is 1. The Bertz CT molecular complexity index is 728. The minimum Gasteiger partial charge on any atom is -0.278 e. The third-order valence-electron chi connectivity index (χ3n) is 2.30. The van der Waals surface area contributed by atoms with Gasteiger partial charge in [0.1, 0.15) is 4.90 Å². The third-order valence-corrected chi connectivity index (χ3v) is 6.04. The molecule has 0 bridgehead atoms. The Labute approximate surface area is 133 Å². The average Bonchev–Trinajstić information content (AvgIpc) is 2.63. The quantitative estimate of drug-likeness (QED) is 0.793. The van der Waals surface area contributed by atoms with Gasteiger partial charge >= 0.3 is 0 Å². The van der Waals surface area contributed by atoms with Crippen LogP contribution in [0.1, 0.15) is 4.88 Å². The van der Waals surface area contributed by atoms with E-state index in [1.54, 1.807) is 19.1 Å². The van der Waals surface area contributed by atoms with E-state index in [2.05, 4.69) is 20.7 Å². The van der Waals surface area contributed by atoms with Gasteiger partial charge in [-0.25, -0.2) is 8.42 Å². The van der Waals surface area contributed by atoms with E-state index in [-0.39, 0.29) is 10.6 Å².